The first kappa shape index (κ1) is 19.9. The van der Waals surface area contributed by atoms with Crippen LogP contribution < -0.4 is 14.9 Å². The molecule has 2 aromatic rings. The zero-order chi connectivity index (χ0) is 19.8. The maximum Gasteiger partial charge on any atom is 0.271 e. The standard InChI is InChI=1S/C18H16ClN3O5/c1-26-16-8-5-13(10-17(16)27-2)18(23)21-20-11-14(19)9-12-3-6-15(7-4-12)22(24)25/h3-11H,1-2H3,(H,21,23). The van der Waals surface area contributed by atoms with Crippen molar-refractivity contribution in [1.29, 1.82) is 0 Å². The number of non-ortho nitro benzene ring substituents is 1. The smallest absolute Gasteiger partial charge is 0.271 e. The van der Waals surface area contributed by atoms with Gasteiger partial charge in [-0.05, 0) is 42.0 Å². The molecule has 0 bridgehead atoms. The van der Waals surface area contributed by atoms with Gasteiger partial charge in [0, 0.05) is 17.7 Å². The second-order valence-corrected chi connectivity index (χ2v) is 5.58. The Morgan fingerprint density at radius 1 is 1.15 bits per heavy atom. The summed E-state index contributed by atoms with van der Waals surface area (Å²) < 4.78 is 10.3. The fourth-order valence-electron chi connectivity index (χ4n) is 2.08. The van der Waals surface area contributed by atoms with Crippen molar-refractivity contribution in [1.82, 2.24) is 5.43 Å². The van der Waals surface area contributed by atoms with Crippen LogP contribution in [0.15, 0.2) is 52.6 Å². The lowest BCUT2D eigenvalue weighted by molar-refractivity contribution is -0.384. The molecule has 2 aromatic carbocycles. The van der Waals surface area contributed by atoms with Crippen LogP contribution in [0.3, 0.4) is 0 Å². The van der Waals surface area contributed by atoms with Gasteiger partial charge in [-0.3, -0.25) is 14.9 Å². The van der Waals surface area contributed by atoms with E-state index in [4.69, 9.17) is 21.1 Å². The van der Waals surface area contributed by atoms with Gasteiger partial charge in [0.1, 0.15) is 0 Å². The number of nitro benzene ring substituents is 1. The molecule has 0 aromatic heterocycles. The fraction of sp³-hybridized carbons (Fsp3) is 0.111. The first-order valence-corrected chi connectivity index (χ1v) is 7.99. The Bertz CT molecular complexity index is 894. The van der Waals surface area contributed by atoms with Gasteiger partial charge in [0.15, 0.2) is 11.5 Å². The monoisotopic (exact) mass is 389 g/mol. The Labute approximate surface area is 160 Å². The van der Waals surface area contributed by atoms with Crippen LogP contribution in [0.2, 0.25) is 0 Å². The molecule has 0 radical (unpaired) electrons. The highest BCUT2D eigenvalue weighted by atomic mass is 35.5. The number of allylic oxidation sites excluding steroid dienone is 1. The van der Waals surface area contributed by atoms with E-state index in [1.165, 1.54) is 38.6 Å². The summed E-state index contributed by atoms with van der Waals surface area (Å²) in [6, 6.07) is 10.5. The zero-order valence-electron chi connectivity index (χ0n) is 14.5. The molecule has 1 amide bonds. The van der Waals surface area contributed by atoms with Gasteiger partial charge in [-0.25, -0.2) is 5.43 Å². The van der Waals surface area contributed by atoms with Crippen LogP contribution in [0.25, 0.3) is 6.08 Å². The Hall–Kier alpha value is -3.39. The van der Waals surface area contributed by atoms with Crippen LogP contribution in [0.1, 0.15) is 15.9 Å². The first-order valence-electron chi connectivity index (χ1n) is 7.61. The van der Waals surface area contributed by atoms with E-state index in [-0.39, 0.29) is 10.7 Å². The summed E-state index contributed by atoms with van der Waals surface area (Å²) in [4.78, 5) is 22.2. The minimum atomic E-state index is -0.486. The summed E-state index contributed by atoms with van der Waals surface area (Å²) in [7, 11) is 2.97. The Morgan fingerprint density at radius 3 is 2.41 bits per heavy atom. The van der Waals surface area contributed by atoms with Crippen LogP contribution in [-0.4, -0.2) is 31.3 Å². The topological polar surface area (TPSA) is 103 Å². The number of halogens is 1. The maximum atomic E-state index is 12.1. The van der Waals surface area contributed by atoms with Crippen molar-refractivity contribution in [3.8, 4) is 11.5 Å². The number of amides is 1. The van der Waals surface area contributed by atoms with Crippen molar-refractivity contribution in [2.45, 2.75) is 0 Å². The van der Waals surface area contributed by atoms with Crippen LogP contribution in [0, 0.1) is 10.1 Å². The highest BCUT2D eigenvalue weighted by Crippen LogP contribution is 2.27. The van der Waals surface area contributed by atoms with Gasteiger partial charge in [0.25, 0.3) is 11.6 Å². The molecule has 0 atom stereocenters. The van der Waals surface area contributed by atoms with Crippen LogP contribution >= 0.6 is 11.6 Å². The number of hydrazone groups is 1. The lowest BCUT2D eigenvalue weighted by atomic mass is 10.2. The van der Waals surface area contributed by atoms with E-state index in [0.717, 1.165) is 0 Å². The number of nitrogens with one attached hydrogen (secondary N) is 1. The summed E-state index contributed by atoms with van der Waals surface area (Å²) >= 11 is 6.02. The molecule has 9 heteroatoms. The van der Waals surface area contributed by atoms with Crippen molar-refractivity contribution in [2.24, 2.45) is 5.10 Å². The zero-order valence-corrected chi connectivity index (χ0v) is 15.3. The third kappa shape index (κ3) is 5.55. The van der Waals surface area contributed by atoms with E-state index >= 15 is 0 Å². The summed E-state index contributed by atoms with van der Waals surface area (Å²) in [5.41, 5.74) is 3.32. The van der Waals surface area contributed by atoms with Gasteiger partial charge in [0.2, 0.25) is 0 Å². The lowest BCUT2D eigenvalue weighted by Gasteiger charge is -2.08. The molecule has 0 aliphatic heterocycles. The Morgan fingerprint density at radius 2 is 1.81 bits per heavy atom. The number of nitro groups is 1. The van der Waals surface area contributed by atoms with E-state index in [9.17, 15) is 14.9 Å². The second-order valence-electron chi connectivity index (χ2n) is 5.15. The molecule has 0 heterocycles. The van der Waals surface area contributed by atoms with Gasteiger partial charge in [-0.1, -0.05) is 11.6 Å². The largest absolute Gasteiger partial charge is 0.493 e. The minimum Gasteiger partial charge on any atom is -0.493 e. The van der Waals surface area contributed by atoms with Crippen LogP contribution in [0.5, 0.6) is 11.5 Å². The number of ether oxygens (including phenoxy) is 2. The van der Waals surface area contributed by atoms with Crippen LogP contribution in [0.4, 0.5) is 5.69 Å². The highest BCUT2D eigenvalue weighted by Gasteiger charge is 2.10. The Kier molecular flexibility index (Phi) is 6.90. The van der Waals surface area contributed by atoms with Gasteiger partial charge in [-0.15, -0.1) is 0 Å². The van der Waals surface area contributed by atoms with Crippen molar-refractivity contribution in [2.75, 3.05) is 14.2 Å². The number of carbonyl (C=O) groups excluding carboxylic acids is 1. The molecule has 140 valence electrons. The highest BCUT2D eigenvalue weighted by molar-refractivity contribution is 6.41. The fourth-order valence-corrected chi connectivity index (χ4v) is 2.26. The van der Waals surface area contributed by atoms with Crippen molar-refractivity contribution in [3.63, 3.8) is 0 Å². The second kappa shape index (κ2) is 9.35. The number of carbonyl (C=O) groups is 1. The minimum absolute atomic E-state index is 0.0147. The predicted octanol–water partition coefficient (Wildman–Crippen LogP) is 3.61. The number of methoxy groups -OCH3 is 2. The molecule has 0 saturated heterocycles. The first-order chi connectivity index (χ1) is 12.9. The van der Waals surface area contributed by atoms with Crippen molar-refractivity contribution in [3.05, 3.63) is 68.7 Å². The molecule has 0 spiro atoms. The summed E-state index contributed by atoms with van der Waals surface area (Å²) in [6.45, 7) is 0. The van der Waals surface area contributed by atoms with Crippen molar-refractivity contribution < 1.29 is 19.2 Å². The number of benzene rings is 2. The molecule has 0 aliphatic rings. The molecule has 0 aliphatic carbocycles. The number of hydrogen-bond donors (Lipinski definition) is 1. The van der Waals surface area contributed by atoms with E-state index in [1.807, 2.05) is 0 Å². The summed E-state index contributed by atoms with van der Waals surface area (Å²) in [5.74, 6) is 0.476. The van der Waals surface area contributed by atoms with E-state index < -0.39 is 10.8 Å². The third-order valence-corrected chi connectivity index (χ3v) is 3.61. The molecule has 27 heavy (non-hydrogen) atoms. The van der Waals surface area contributed by atoms with Gasteiger partial charge in [-0.2, -0.15) is 5.10 Å². The van der Waals surface area contributed by atoms with E-state index in [1.54, 1.807) is 30.3 Å². The SMILES string of the molecule is COc1ccc(C(=O)NN=CC(Cl)=Cc2ccc([N+](=O)[O-])cc2)cc1OC. The molecule has 0 unspecified atom stereocenters. The van der Waals surface area contributed by atoms with E-state index in [2.05, 4.69) is 10.5 Å². The quantitative estimate of drug-likeness (QED) is 0.442. The summed E-state index contributed by atoms with van der Waals surface area (Å²) in [6.07, 6.45) is 2.80. The molecule has 8 nitrogen and oxygen atoms in total. The maximum absolute atomic E-state index is 12.1. The number of nitrogens with zero attached hydrogens (tertiary/aromatic N) is 2. The number of hydrogen-bond acceptors (Lipinski definition) is 6. The average molecular weight is 390 g/mol. The van der Waals surface area contributed by atoms with Gasteiger partial charge < -0.3 is 9.47 Å². The number of rotatable bonds is 7. The van der Waals surface area contributed by atoms with Crippen LogP contribution in [-0.2, 0) is 0 Å². The molecule has 0 fully saturated rings. The molecular formula is C18H16ClN3O5. The summed E-state index contributed by atoms with van der Waals surface area (Å²) in [5, 5.41) is 14.6. The molecule has 2 rings (SSSR count). The average Bonchev–Trinajstić information content (AvgIpc) is 2.67. The molecular weight excluding hydrogens is 374 g/mol. The Balaban J connectivity index is 2.01. The lowest BCUT2D eigenvalue weighted by Crippen LogP contribution is -2.17. The van der Waals surface area contributed by atoms with Gasteiger partial charge in [0.05, 0.1) is 30.4 Å². The van der Waals surface area contributed by atoms with Crippen molar-refractivity contribution >= 4 is 35.5 Å². The normalized spacial score (nSPS) is 11.3. The molecule has 1 N–H and O–H groups in total. The van der Waals surface area contributed by atoms with Gasteiger partial charge >= 0.3 is 0 Å². The predicted molar refractivity (Wildman–Crippen MR) is 102 cm³/mol. The van der Waals surface area contributed by atoms with E-state index in [0.29, 0.717) is 22.6 Å². The third-order valence-electron chi connectivity index (χ3n) is 3.41. The molecule has 0 saturated carbocycles.